The van der Waals surface area contributed by atoms with Gasteiger partial charge in [-0.3, -0.25) is 0 Å². The summed E-state index contributed by atoms with van der Waals surface area (Å²) in [6.45, 7) is 8.91. The predicted molar refractivity (Wildman–Crippen MR) is 191 cm³/mol. The molecule has 0 saturated heterocycles. The van der Waals surface area contributed by atoms with Crippen molar-refractivity contribution in [2.75, 3.05) is 0 Å². The second-order valence-corrected chi connectivity index (χ2v) is 21.1. The van der Waals surface area contributed by atoms with E-state index in [0.29, 0.717) is 0 Å². The van der Waals surface area contributed by atoms with Crippen molar-refractivity contribution in [3.05, 3.63) is 158 Å². The van der Waals surface area contributed by atoms with Crippen LogP contribution >= 0.6 is 0 Å². The minimum atomic E-state index is 0. The maximum absolute atomic E-state index is 4.15. The van der Waals surface area contributed by atoms with Gasteiger partial charge in [0.1, 0.15) is 0 Å². The summed E-state index contributed by atoms with van der Waals surface area (Å²) in [5, 5.41) is 5.17. The smallest absolute Gasteiger partial charge is 0.0984 e. The first-order valence-corrected chi connectivity index (χ1v) is 21.6. The van der Waals surface area contributed by atoms with Crippen LogP contribution in [0.3, 0.4) is 0 Å². The van der Waals surface area contributed by atoms with Crippen LogP contribution in [-0.4, -0.2) is 24.5 Å². The molecule has 8 aromatic rings. The molecule has 0 fully saturated rings. The third-order valence-electron chi connectivity index (χ3n) is 7.68. The standard InChI is InChI=1S/2C19H15N2.C2H6Si.2ClH.Zr/c2*1-14-9-16-11-17(21-8-7-20-13-21)12-19(18(16)10-14)15-5-3-2-4-6-15;1-3-2;;;/h2*2-13H,1H3;1-2H3;2*1H;/q2*-1;;;;+2/p-2. The molecule has 0 unspecified atom stereocenters. The van der Waals surface area contributed by atoms with Crippen LogP contribution in [-0.2, 0) is 23.3 Å². The first kappa shape index (κ1) is 37.0. The maximum atomic E-state index is 4.15. The summed E-state index contributed by atoms with van der Waals surface area (Å²) < 4.78 is 4.10. The number of halogens is 2. The Hall–Kier alpha value is -3.80. The van der Waals surface area contributed by atoms with Gasteiger partial charge in [-0.05, 0) is 23.3 Å². The minimum Gasteiger partial charge on any atom is -1.00 e. The number of hydrogen-bond donors (Lipinski definition) is 0. The third kappa shape index (κ3) is 8.80. The van der Waals surface area contributed by atoms with E-state index in [-0.39, 0.29) is 30.2 Å². The molecule has 8 rings (SSSR count). The normalized spacial score (nSPS) is 10.3. The van der Waals surface area contributed by atoms with Gasteiger partial charge in [0.2, 0.25) is 0 Å². The number of aromatic nitrogens is 4. The summed E-state index contributed by atoms with van der Waals surface area (Å²) in [4.78, 5) is 8.30. The van der Waals surface area contributed by atoms with Crippen molar-refractivity contribution < 1.29 is 48.1 Å². The van der Waals surface area contributed by atoms with E-state index < -0.39 is 0 Å². The number of hydrogen-bond acceptors (Lipinski definition) is 2. The summed E-state index contributed by atoms with van der Waals surface area (Å²) in [6, 6.07) is 39.0. The molecule has 6 aromatic carbocycles. The topological polar surface area (TPSA) is 35.6 Å². The van der Waals surface area contributed by atoms with E-state index in [0.717, 1.165) is 11.4 Å². The van der Waals surface area contributed by atoms with Crippen molar-refractivity contribution >= 4 is 27.0 Å². The summed E-state index contributed by atoms with van der Waals surface area (Å²) in [5.74, 6) is 0. The molecule has 0 spiro atoms. The second kappa shape index (κ2) is 17.0. The second-order valence-electron chi connectivity index (χ2n) is 11.7. The molecule has 48 heavy (non-hydrogen) atoms. The summed E-state index contributed by atoms with van der Waals surface area (Å²) in [6.07, 6.45) is 11.3. The Morgan fingerprint density at radius 2 is 0.958 bits per heavy atom. The van der Waals surface area contributed by atoms with Crippen LogP contribution in [0, 0.1) is 13.8 Å². The molecule has 0 aliphatic rings. The number of aryl methyl sites for hydroxylation is 2. The maximum Gasteiger partial charge on any atom is 0.0984 e. The van der Waals surface area contributed by atoms with Gasteiger partial charge in [0.15, 0.2) is 0 Å². The van der Waals surface area contributed by atoms with Gasteiger partial charge in [0.05, 0.1) is 12.7 Å². The van der Waals surface area contributed by atoms with Gasteiger partial charge < -0.3 is 33.9 Å². The average Bonchev–Trinajstić information content (AvgIpc) is 3.88. The van der Waals surface area contributed by atoms with E-state index in [4.69, 9.17) is 0 Å². The van der Waals surface area contributed by atoms with E-state index >= 15 is 0 Å². The zero-order chi connectivity index (χ0) is 32.0. The molecule has 2 aromatic heterocycles. The Morgan fingerprint density at radius 1 is 0.583 bits per heavy atom. The Labute approximate surface area is 310 Å². The summed E-state index contributed by atoms with van der Waals surface area (Å²) in [7, 11) is 0. The monoisotopic (exact) mass is 760 g/mol. The van der Waals surface area contributed by atoms with E-state index in [1.807, 2.05) is 46.6 Å². The molecule has 240 valence electrons. The molecule has 0 atom stereocenters. The average molecular weight is 763 g/mol. The third-order valence-corrected chi connectivity index (χ3v) is 7.68. The molecule has 8 heteroatoms. The van der Waals surface area contributed by atoms with E-state index in [1.165, 1.54) is 54.9 Å². The van der Waals surface area contributed by atoms with Crippen molar-refractivity contribution in [3.8, 4) is 33.6 Å². The molecule has 0 N–H and O–H groups in total. The van der Waals surface area contributed by atoms with E-state index in [9.17, 15) is 0 Å². The molecule has 0 radical (unpaired) electrons. The molecule has 4 nitrogen and oxygen atoms in total. The van der Waals surface area contributed by atoms with Crippen molar-refractivity contribution in [2.45, 2.75) is 26.9 Å². The molecule has 0 aliphatic carbocycles. The van der Waals surface area contributed by atoms with Crippen LogP contribution in [0.25, 0.3) is 55.2 Å². The van der Waals surface area contributed by atoms with Gasteiger partial charge >= 0.3 is 41.9 Å². The first-order chi connectivity index (χ1) is 22.4. The van der Waals surface area contributed by atoms with E-state index in [2.05, 4.69) is 146 Å². The van der Waals surface area contributed by atoms with Crippen molar-refractivity contribution in [1.82, 2.24) is 19.1 Å². The number of rotatable bonds is 4. The van der Waals surface area contributed by atoms with Crippen LogP contribution in [0.1, 0.15) is 11.1 Å². The molecule has 0 amide bonds. The van der Waals surface area contributed by atoms with Crippen LogP contribution < -0.4 is 24.8 Å². The van der Waals surface area contributed by atoms with E-state index in [1.54, 1.807) is 23.3 Å². The number of benzene rings is 4. The van der Waals surface area contributed by atoms with Crippen molar-refractivity contribution in [1.29, 1.82) is 0 Å². The number of imidazole rings is 2. The van der Waals surface area contributed by atoms with Gasteiger partial charge in [0.25, 0.3) is 0 Å². The summed E-state index contributed by atoms with van der Waals surface area (Å²) >= 11 is 1.74. The fraction of sp³-hybridized carbons (Fsp3) is 0.100. The van der Waals surface area contributed by atoms with Crippen LogP contribution in [0.15, 0.2) is 147 Å². The quantitative estimate of drug-likeness (QED) is 0.199. The van der Waals surface area contributed by atoms with Gasteiger partial charge in [-0.2, -0.15) is 12.1 Å². The Kier molecular flexibility index (Phi) is 13.1. The fourth-order valence-electron chi connectivity index (χ4n) is 5.74. The van der Waals surface area contributed by atoms with Crippen molar-refractivity contribution in [2.24, 2.45) is 0 Å². The minimum absolute atomic E-state index is 0. The molecular weight excluding hydrogens is 727 g/mol. The van der Waals surface area contributed by atoms with Crippen LogP contribution in [0.2, 0.25) is 13.1 Å². The summed E-state index contributed by atoms with van der Waals surface area (Å²) in [5.41, 5.74) is 10.1. The Balaban J connectivity index is 0.000000188. The van der Waals surface area contributed by atoms with Crippen molar-refractivity contribution in [3.63, 3.8) is 0 Å². The zero-order valence-electron chi connectivity index (χ0n) is 27.4. The Bertz CT molecular complexity index is 2040. The SMILES string of the molecule is C[Si](C)=[Zr+2].Cc1cc2c(-c3ccccc3)cc(-n3ccnc3)cc2[cH-]1.Cc1cc2c(-c3ccccc3)cc(-n3ccnc3)cc2[cH-]1.[Cl-].[Cl-]. The predicted octanol–water partition coefficient (Wildman–Crippen LogP) is 4.23. The Morgan fingerprint density at radius 3 is 1.29 bits per heavy atom. The largest absolute Gasteiger partial charge is 1.00 e. The number of nitrogens with zero attached hydrogens (tertiary/aromatic N) is 4. The fourth-order valence-corrected chi connectivity index (χ4v) is 5.74. The van der Waals surface area contributed by atoms with Crippen LogP contribution in [0.4, 0.5) is 0 Å². The van der Waals surface area contributed by atoms with Crippen LogP contribution in [0.5, 0.6) is 0 Å². The molecule has 0 aliphatic heterocycles. The molecule has 2 heterocycles. The van der Waals surface area contributed by atoms with Gasteiger partial charge in [-0.1, -0.05) is 85.6 Å². The first-order valence-electron chi connectivity index (χ1n) is 15.4. The molecule has 0 bridgehead atoms. The number of fused-ring (bicyclic) bond motifs is 2. The van der Waals surface area contributed by atoms with Gasteiger partial charge in [-0.25, -0.2) is 9.97 Å². The zero-order valence-corrected chi connectivity index (χ0v) is 32.4. The van der Waals surface area contributed by atoms with Gasteiger partial charge in [-0.15, -0.1) is 56.9 Å². The molecule has 0 saturated carbocycles. The van der Waals surface area contributed by atoms with Gasteiger partial charge in [0, 0.05) is 36.2 Å². The molecular formula is C40H36Cl2N4SiZr-2.